The molecule has 158 valence electrons. The van der Waals surface area contributed by atoms with Crippen molar-refractivity contribution in [3.63, 3.8) is 0 Å². The molecule has 0 radical (unpaired) electrons. The van der Waals surface area contributed by atoms with Crippen molar-refractivity contribution in [1.29, 1.82) is 5.26 Å². The summed E-state index contributed by atoms with van der Waals surface area (Å²) in [6, 6.07) is 17.9. The monoisotopic (exact) mass is 414 g/mol. The molecule has 1 aliphatic heterocycles. The molecule has 2 heterocycles. The molecule has 6 nitrogen and oxygen atoms in total. The van der Waals surface area contributed by atoms with E-state index in [1.165, 1.54) is 5.56 Å². The third-order valence-electron chi connectivity index (χ3n) is 5.33. The molecule has 0 spiro atoms. The van der Waals surface area contributed by atoms with Gasteiger partial charge < -0.3 is 14.8 Å². The van der Waals surface area contributed by atoms with Crippen molar-refractivity contribution in [2.24, 2.45) is 0 Å². The first-order chi connectivity index (χ1) is 15.1. The molecule has 6 heteroatoms. The number of hydrogen-bond acceptors (Lipinski definition) is 6. The van der Waals surface area contributed by atoms with Crippen molar-refractivity contribution < 1.29 is 9.47 Å². The van der Waals surface area contributed by atoms with Crippen molar-refractivity contribution in [3.8, 4) is 23.2 Å². The fraction of sp³-hybridized carbons (Fsp3) is 0.320. The summed E-state index contributed by atoms with van der Waals surface area (Å²) >= 11 is 0. The molecule has 1 fully saturated rings. The first-order valence-corrected chi connectivity index (χ1v) is 10.6. The fourth-order valence-corrected chi connectivity index (χ4v) is 3.50. The minimum Gasteiger partial charge on any atom is -0.489 e. The SMILES string of the molecule is CC(C)c1ccc(Nc2ccnc(-c3ccc(OC4CCOCC4)c(C#N)c3)n2)cc1. The minimum absolute atomic E-state index is 0.0811. The molecule has 0 saturated carbocycles. The van der Waals surface area contributed by atoms with Crippen molar-refractivity contribution >= 4 is 11.5 Å². The second-order valence-electron chi connectivity index (χ2n) is 7.92. The number of nitrogens with one attached hydrogen (secondary N) is 1. The molecular weight excluding hydrogens is 388 g/mol. The average Bonchev–Trinajstić information content (AvgIpc) is 2.80. The molecule has 1 saturated heterocycles. The Hall–Kier alpha value is -3.43. The van der Waals surface area contributed by atoms with Gasteiger partial charge in [-0.25, -0.2) is 9.97 Å². The van der Waals surface area contributed by atoms with Crippen molar-refractivity contribution in [1.82, 2.24) is 9.97 Å². The highest BCUT2D eigenvalue weighted by Crippen LogP contribution is 2.28. The summed E-state index contributed by atoms with van der Waals surface area (Å²) in [4.78, 5) is 9.02. The molecule has 3 aromatic rings. The highest BCUT2D eigenvalue weighted by Gasteiger charge is 2.17. The quantitative estimate of drug-likeness (QED) is 0.578. The van der Waals surface area contributed by atoms with E-state index in [1.54, 1.807) is 12.3 Å². The summed E-state index contributed by atoms with van der Waals surface area (Å²) in [5.74, 6) is 2.34. The van der Waals surface area contributed by atoms with Gasteiger partial charge in [-0.15, -0.1) is 0 Å². The maximum Gasteiger partial charge on any atom is 0.161 e. The van der Waals surface area contributed by atoms with Crippen LogP contribution in [-0.4, -0.2) is 29.3 Å². The molecule has 1 aliphatic rings. The summed E-state index contributed by atoms with van der Waals surface area (Å²) < 4.78 is 11.4. The lowest BCUT2D eigenvalue weighted by Crippen LogP contribution is -2.26. The van der Waals surface area contributed by atoms with E-state index < -0.39 is 0 Å². The Labute approximate surface area is 182 Å². The van der Waals surface area contributed by atoms with Crippen LogP contribution in [0.2, 0.25) is 0 Å². The van der Waals surface area contributed by atoms with Crippen molar-refractivity contribution in [2.75, 3.05) is 18.5 Å². The summed E-state index contributed by atoms with van der Waals surface area (Å²) in [6.07, 6.45) is 3.46. The van der Waals surface area contributed by atoms with Crippen molar-refractivity contribution in [3.05, 3.63) is 65.9 Å². The van der Waals surface area contributed by atoms with Gasteiger partial charge in [-0.3, -0.25) is 0 Å². The number of benzene rings is 2. The normalized spacial score (nSPS) is 14.3. The van der Waals surface area contributed by atoms with Crippen LogP contribution in [-0.2, 0) is 4.74 Å². The Balaban J connectivity index is 1.52. The van der Waals surface area contributed by atoms with Gasteiger partial charge in [0.05, 0.1) is 18.8 Å². The van der Waals surface area contributed by atoms with E-state index in [-0.39, 0.29) is 6.10 Å². The largest absolute Gasteiger partial charge is 0.489 e. The number of nitrogens with zero attached hydrogens (tertiary/aromatic N) is 3. The van der Waals surface area contributed by atoms with Crippen LogP contribution in [0.1, 0.15) is 43.7 Å². The molecule has 1 N–H and O–H groups in total. The van der Waals surface area contributed by atoms with Crippen LogP contribution in [0.3, 0.4) is 0 Å². The van der Waals surface area contributed by atoms with Gasteiger partial charge in [-0.2, -0.15) is 5.26 Å². The van der Waals surface area contributed by atoms with E-state index in [0.29, 0.717) is 42.1 Å². The maximum atomic E-state index is 9.62. The minimum atomic E-state index is 0.0811. The molecule has 1 aromatic heterocycles. The van der Waals surface area contributed by atoms with Gasteiger partial charge >= 0.3 is 0 Å². The number of nitriles is 1. The molecule has 2 aromatic carbocycles. The first kappa shape index (κ1) is 20.8. The topological polar surface area (TPSA) is 80.1 Å². The van der Waals surface area contributed by atoms with Crippen LogP contribution in [0, 0.1) is 11.3 Å². The highest BCUT2D eigenvalue weighted by atomic mass is 16.5. The number of hydrogen-bond donors (Lipinski definition) is 1. The standard InChI is InChI=1S/C25H26N4O2/c1-17(2)18-3-6-21(7-4-18)28-24-9-12-27-25(29-24)19-5-8-23(20(15-19)16-26)31-22-10-13-30-14-11-22/h3-9,12,15,17,22H,10-11,13-14H2,1-2H3,(H,27,28,29). The highest BCUT2D eigenvalue weighted by molar-refractivity contribution is 5.64. The number of ether oxygens (including phenoxy) is 2. The molecule has 0 bridgehead atoms. The number of anilines is 2. The van der Waals surface area contributed by atoms with Gasteiger partial charge in [0.1, 0.15) is 23.7 Å². The van der Waals surface area contributed by atoms with Gasteiger partial charge in [0.25, 0.3) is 0 Å². The second kappa shape index (κ2) is 9.59. The third kappa shape index (κ3) is 5.19. The predicted molar refractivity (Wildman–Crippen MR) is 120 cm³/mol. The van der Waals surface area contributed by atoms with E-state index >= 15 is 0 Å². The van der Waals surface area contributed by atoms with Crippen LogP contribution in [0.5, 0.6) is 5.75 Å². The van der Waals surface area contributed by atoms with Crippen molar-refractivity contribution in [2.45, 2.75) is 38.7 Å². The molecule has 0 amide bonds. The first-order valence-electron chi connectivity index (χ1n) is 10.6. The summed E-state index contributed by atoms with van der Waals surface area (Å²) in [7, 11) is 0. The number of rotatable bonds is 6. The van der Waals surface area contributed by atoms with E-state index in [9.17, 15) is 5.26 Å². The second-order valence-corrected chi connectivity index (χ2v) is 7.92. The van der Waals surface area contributed by atoms with Crippen LogP contribution in [0.4, 0.5) is 11.5 Å². The number of aromatic nitrogens is 2. The lowest BCUT2D eigenvalue weighted by Gasteiger charge is -2.23. The predicted octanol–water partition coefficient (Wildman–Crippen LogP) is 5.44. The Morgan fingerprint density at radius 1 is 1.10 bits per heavy atom. The Morgan fingerprint density at radius 3 is 2.58 bits per heavy atom. The lowest BCUT2D eigenvalue weighted by molar-refractivity contribution is 0.0254. The Kier molecular flexibility index (Phi) is 6.44. The molecule has 31 heavy (non-hydrogen) atoms. The zero-order valence-corrected chi connectivity index (χ0v) is 17.8. The molecular formula is C25H26N4O2. The summed E-state index contributed by atoms with van der Waals surface area (Å²) in [5, 5.41) is 12.9. The average molecular weight is 415 g/mol. The van der Waals surface area contributed by atoms with Crippen LogP contribution < -0.4 is 10.1 Å². The van der Waals surface area contributed by atoms with E-state index in [0.717, 1.165) is 24.1 Å². The zero-order chi connectivity index (χ0) is 21.6. The third-order valence-corrected chi connectivity index (χ3v) is 5.33. The lowest BCUT2D eigenvalue weighted by atomic mass is 10.0. The van der Waals surface area contributed by atoms with E-state index in [2.05, 4.69) is 47.3 Å². The van der Waals surface area contributed by atoms with Gasteiger partial charge in [-0.05, 0) is 47.9 Å². The van der Waals surface area contributed by atoms with Crippen LogP contribution in [0.15, 0.2) is 54.7 Å². The van der Waals surface area contributed by atoms with E-state index in [1.807, 2.05) is 30.3 Å². The molecule has 0 unspecified atom stereocenters. The van der Waals surface area contributed by atoms with Crippen LogP contribution in [0.25, 0.3) is 11.4 Å². The Morgan fingerprint density at radius 2 is 1.87 bits per heavy atom. The fourth-order valence-electron chi connectivity index (χ4n) is 3.50. The zero-order valence-electron chi connectivity index (χ0n) is 17.8. The van der Waals surface area contributed by atoms with Gasteiger partial charge in [-0.1, -0.05) is 26.0 Å². The van der Waals surface area contributed by atoms with Gasteiger partial charge in [0, 0.05) is 30.3 Å². The van der Waals surface area contributed by atoms with E-state index in [4.69, 9.17) is 9.47 Å². The van der Waals surface area contributed by atoms with Crippen LogP contribution >= 0.6 is 0 Å². The molecule has 0 aliphatic carbocycles. The summed E-state index contributed by atoms with van der Waals surface area (Å²) in [6.45, 7) is 5.74. The smallest absolute Gasteiger partial charge is 0.161 e. The maximum absolute atomic E-state index is 9.62. The van der Waals surface area contributed by atoms with Gasteiger partial charge in [0.2, 0.25) is 0 Å². The Bertz CT molecular complexity index is 1070. The molecule has 4 rings (SSSR count). The summed E-state index contributed by atoms with van der Waals surface area (Å²) in [5.41, 5.74) is 3.51. The molecule has 0 atom stereocenters. The van der Waals surface area contributed by atoms with Gasteiger partial charge in [0.15, 0.2) is 5.82 Å².